The van der Waals surface area contributed by atoms with E-state index in [0.717, 1.165) is 67.2 Å². The van der Waals surface area contributed by atoms with E-state index in [1.54, 1.807) is 0 Å². The minimum absolute atomic E-state index is 0.0238. The lowest BCUT2D eigenvalue weighted by molar-refractivity contribution is 0.668. The zero-order valence-corrected chi connectivity index (χ0v) is 24.6. The molecule has 0 spiro atoms. The van der Waals surface area contributed by atoms with Crippen molar-refractivity contribution in [3.63, 3.8) is 0 Å². The highest BCUT2D eigenvalue weighted by molar-refractivity contribution is 6.12. The van der Waals surface area contributed by atoms with Gasteiger partial charge in [0.15, 0.2) is 11.6 Å². The van der Waals surface area contributed by atoms with Crippen molar-refractivity contribution in [3.8, 4) is 22.8 Å². The van der Waals surface area contributed by atoms with Gasteiger partial charge in [0.1, 0.15) is 28.2 Å². The molecule has 0 bridgehead atoms. The minimum atomic E-state index is -0.0238. The van der Waals surface area contributed by atoms with E-state index in [0.29, 0.717) is 11.6 Å². The molecule has 0 radical (unpaired) electrons. The topological polar surface area (TPSA) is 65.0 Å². The summed E-state index contributed by atoms with van der Waals surface area (Å²) in [7, 11) is 0. The first-order chi connectivity index (χ1) is 22.8. The molecule has 3 aromatic heterocycles. The van der Waals surface area contributed by atoms with Crippen molar-refractivity contribution < 1.29 is 8.83 Å². The fraction of sp³-hybridized carbons (Fsp3) is 0.0488. The summed E-state index contributed by atoms with van der Waals surface area (Å²) < 4.78 is 12.7. The number of para-hydroxylation sites is 3. The zero-order valence-electron chi connectivity index (χ0n) is 24.6. The van der Waals surface area contributed by atoms with E-state index in [1.165, 1.54) is 21.9 Å². The fourth-order valence-corrected chi connectivity index (χ4v) is 7.09. The van der Waals surface area contributed by atoms with Gasteiger partial charge in [-0.25, -0.2) is 15.0 Å². The van der Waals surface area contributed by atoms with E-state index >= 15 is 0 Å². The molecule has 0 fully saturated rings. The highest BCUT2D eigenvalue weighted by Crippen LogP contribution is 2.40. The third-order valence-electron chi connectivity index (χ3n) is 9.27. The summed E-state index contributed by atoms with van der Waals surface area (Å²) in [6.45, 7) is 0. The number of furan rings is 2. The lowest BCUT2D eigenvalue weighted by Crippen LogP contribution is -2.12. The van der Waals surface area contributed by atoms with E-state index in [-0.39, 0.29) is 5.92 Å². The van der Waals surface area contributed by atoms with Gasteiger partial charge in [0.25, 0.3) is 0 Å². The van der Waals surface area contributed by atoms with E-state index in [4.69, 9.17) is 23.8 Å². The fourth-order valence-electron chi connectivity index (χ4n) is 7.09. The highest BCUT2D eigenvalue weighted by atomic mass is 16.3. The predicted molar refractivity (Wildman–Crippen MR) is 185 cm³/mol. The van der Waals surface area contributed by atoms with Crippen LogP contribution in [0.1, 0.15) is 22.9 Å². The molecule has 0 N–H and O–H groups in total. The maximum Gasteiger partial charge on any atom is 0.167 e. The molecule has 1 atom stereocenters. The van der Waals surface area contributed by atoms with Crippen LogP contribution in [0.2, 0.25) is 0 Å². The largest absolute Gasteiger partial charge is 0.456 e. The van der Waals surface area contributed by atoms with Crippen LogP contribution in [-0.2, 0) is 6.42 Å². The zero-order chi connectivity index (χ0) is 30.2. The third-order valence-corrected chi connectivity index (χ3v) is 9.27. The van der Waals surface area contributed by atoms with Crippen molar-refractivity contribution in [2.24, 2.45) is 0 Å². The molecule has 5 nitrogen and oxygen atoms in total. The first kappa shape index (κ1) is 25.3. The summed E-state index contributed by atoms with van der Waals surface area (Å²) in [6.07, 6.45) is 5.28. The molecule has 3 heterocycles. The number of fused-ring (bicyclic) bond motifs is 9. The molecule has 1 aliphatic rings. The maximum absolute atomic E-state index is 6.44. The Labute approximate surface area is 263 Å². The van der Waals surface area contributed by atoms with Gasteiger partial charge in [-0.15, -0.1) is 0 Å². The Balaban J connectivity index is 1.21. The Kier molecular flexibility index (Phi) is 5.34. The molecule has 1 aliphatic carbocycles. The van der Waals surface area contributed by atoms with E-state index in [2.05, 4.69) is 78.9 Å². The van der Waals surface area contributed by atoms with Gasteiger partial charge in [0.05, 0.1) is 5.56 Å². The van der Waals surface area contributed by atoms with Crippen molar-refractivity contribution in [1.29, 1.82) is 0 Å². The van der Waals surface area contributed by atoms with Crippen molar-refractivity contribution in [3.05, 3.63) is 144 Å². The Hall–Kier alpha value is -6.07. The van der Waals surface area contributed by atoms with Crippen LogP contribution in [0.25, 0.3) is 83.5 Å². The summed E-state index contributed by atoms with van der Waals surface area (Å²) >= 11 is 0. The van der Waals surface area contributed by atoms with Crippen LogP contribution >= 0.6 is 0 Å². The van der Waals surface area contributed by atoms with Crippen LogP contribution in [0.5, 0.6) is 0 Å². The lowest BCUT2D eigenvalue weighted by Gasteiger charge is -2.21. The van der Waals surface area contributed by atoms with Crippen LogP contribution in [0.4, 0.5) is 0 Å². The minimum Gasteiger partial charge on any atom is -0.456 e. The molecular weight excluding hydrogens is 566 g/mol. The second-order valence-electron chi connectivity index (χ2n) is 11.9. The monoisotopic (exact) mass is 591 g/mol. The van der Waals surface area contributed by atoms with Crippen molar-refractivity contribution in [2.45, 2.75) is 12.3 Å². The Morgan fingerprint density at radius 1 is 0.522 bits per heavy atom. The number of allylic oxidation sites excluding steroid dienone is 1. The Morgan fingerprint density at radius 3 is 2.09 bits per heavy atom. The molecule has 216 valence electrons. The van der Waals surface area contributed by atoms with Crippen LogP contribution < -0.4 is 0 Å². The van der Waals surface area contributed by atoms with Gasteiger partial charge < -0.3 is 8.83 Å². The molecule has 0 amide bonds. The molecule has 9 aromatic rings. The van der Waals surface area contributed by atoms with Gasteiger partial charge in [-0.3, -0.25) is 0 Å². The summed E-state index contributed by atoms with van der Waals surface area (Å²) in [5, 5.41) is 6.66. The van der Waals surface area contributed by atoms with Gasteiger partial charge in [0.2, 0.25) is 0 Å². The lowest BCUT2D eigenvalue weighted by atomic mass is 9.86. The highest BCUT2D eigenvalue weighted by Gasteiger charge is 2.24. The number of hydrogen-bond donors (Lipinski definition) is 0. The maximum atomic E-state index is 6.44. The van der Waals surface area contributed by atoms with Crippen LogP contribution in [0.15, 0.2) is 136 Å². The predicted octanol–water partition coefficient (Wildman–Crippen LogP) is 10.5. The molecule has 0 saturated carbocycles. The number of rotatable bonds is 3. The molecular formula is C41H25N3O2. The normalized spacial score (nSPS) is 14.6. The van der Waals surface area contributed by atoms with Crippen molar-refractivity contribution in [2.75, 3.05) is 0 Å². The third kappa shape index (κ3) is 3.78. The summed E-state index contributed by atoms with van der Waals surface area (Å²) in [4.78, 5) is 15.5. The molecule has 1 unspecified atom stereocenters. The molecule has 0 aliphatic heterocycles. The average molecular weight is 592 g/mol. The Bertz CT molecular complexity index is 2700. The van der Waals surface area contributed by atoms with E-state index in [9.17, 15) is 0 Å². The van der Waals surface area contributed by atoms with Crippen LogP contribution in [0, 0.1) is 0 Å². The van der Waals surface area contributed by atoms with Crippen LogP contribution in [-0.4, -0.2) is 15.0 Å². The number of benzene rings is 6. The van der Waals surface area contributed by atoms with Gasteiger partial charge in [-0.2, -0.15) is 0 Å². The first-order valence-corrected chi connectivity index (χ1v) is 15.5. The molecule has 10 rings (SSSR count). The smallest absolute Gasteiger partial charge is 0.167 e. The number of aromatic nitrogens is 3. The van der Waals surface area contributed by atoms with E-state index in [1.807, 2.05) is 54.6 Å². The summed E-state index contributed by atoms with van der Waals surface area (Å²) in [6, 6.07) is 41.5. The number of nitrogens with zero attached hydrogens (tertiary/aromatic N) is 3. The van der Waals surface area contributed by atoms with Gasteiger partial charge in [-0.1, -0.05) is 109 Å². The molecule has 0 saturated heterocycles. The Morgan fingerprint density at radius 2 is 1.20 bits per heavy atom. The van der Waals surface area contributed by atoms with E-state index < -0.39 is 0 Å². The second-order valence-corrected chi connectivity index (χ2v) is 11.9. The second kappa shape index (κ2) is 9.71. The summed E-state index contributed by atoms with van der Waals surface area (Å²) in [5.74, 6) is 1.91. The van der Waals surface area contributed by atoms with Crippen molar-refractivity contribution in [1.82, 2.24) is 15.0 Å². The molecule has 46 heavy (non-hydrogen) atoms. The van der Waals surface area contributed by atoms with Crippen LogP contribution in [0.3, 0.4) is 0 Å². The van der Waals surface area contributed by atoms with Gasteiger partial charge in [0, 0.05) is 33.0 Å². The van der Waals surface area contributed by atoms with Gasteiger partial charge in [-0.05, 0) is 52.6 Å². The number of hydrogen-bond acceptors (Lipinski definition) is 5. The molecule has 6 aromatic carbocycles. The first-order valence-electron chi connectivity index (χ1n) is 15.5. The van der Waals surface area contributed by atoms with Gasteiger partial charge >= 0.3 is 0 Å². The average Bonchev–Trinajstić information content (AvgIpc) is 3.70. The summed E-state index contributed by atoms with van der Waals surface area (Å²) in [5.41, 5.74) is 7.57. The standard InChI is InChI=1S/C41H25N3O2/c1-2-10-27-24(9-1)19-20-25-23-26(21-22-28(25)27)39-42-40(32-14-8-18-36-37(32)31-12-4-6-17-35(31)45-36)44-41(43-39)33-15-7-13-30-29-11-3-5-16-34(29)46-38(30)33/h1-22,26H,23H2. The van der Waals surface area contributed by atoms with Crippen molar-refractivity contribution >= 4 is 60.7 Å². The molecule has 5 heteroatoms. The SMILES string of the molecule is C1=CC(c2nc(-c3cccc4c3oc3ccccc34)nc(-c3cccc4oc5ccccc5c34)n2)Cc2ccc3ccccc3c21. The quantitative estimate of drug-likeness (QED) is 0.204.